The Morgan fingerprint density at radius 1 is 0.905 bits per heavy atom. The molecule has 5 heteroatoms. The second-order valence-corrected chi connectivity index (χ2v) is 5.74. The number of hydrogen-bond donors (Lipinski definition) is 1. The van der Waals surface area contributed by atoms with E-state index in [0.717, 1.165) is 15.2 Å². The minimum atomic E-state index is -0.472. The largest absolute Gasteiger partial charge is 0.393 e. The minimum absolute atomic E-state index is 0.0575. The summed E-state index contributed by atoms with van der Waals surface area (Å²) in [6.07, 6.45) is 0. The molecule has 21 heavy (non-hydrogen) atoms. The maximum atomic E-state index is 10.8. The summed E-state index contributed by atoms with van der Waals surface area (Å²) >= 11 is 1.53. The van der Waals surface area contributed by atoms with E-state index in [1.165, 1.54) is 23.2 Å². The van der Waals surface area contributed by atoms with Gasteiger partial charge in [-0.2, -0.15) is 0 Å². The molecule has 0 aliphatic rings. The Balaban J connectivity index is 1.91. The van der Waals surface area contributed by atoms with Gasteiger partial charge in [-0.15, -0.1) is 0 Å². The Morgan fingerprint density at radius 2 is 1.57 bits per heavy atom. The molecule has 0 atom stereocenters. The predicted octanol–water partition coefficient (Wildman–Crippen LogP) is 4.48. The van der Waals surface area contributed by atoms with Gasteiger partial charge < -0.3 is 5.73 Å². The molecule has 0 fully saturated rings. The van der Waals surface area contributed by atoms with Gasteiger partial charge in [-0.05, 0) is 35.0 Å². The number of nitro groups is 1. The van der Waals surface area contributed by atoms with Crippen molar-refractivity contribution in [1.82, 2.24) is 0 Å². The Kier molecular flexibility index (Phi) is 3.50. The Hall–Kier alpha value is -2.53. The lowest BCUT2D eigenvalue weighted by Crippen LogP contribution is -1.95. The third-order valence-electron chi connectivity index (χ3n) is 3.15. The summed E-state index contributed by atoms with van der Waals surface area (Å²) in [5, 5.41) is 13.1. The molecule has 0 aliphatic heterocycles. The van der Waals surface area contributed by atoms with Crippen molar-refractivity contribution in [3.63, 3.8) is 0 Å². The van der Waals surface area contributed by atoms with Gasteiger partial charge in [0.1, 0.15) is 5.69 Å². The van der Waals surface area contributed by atoms with Crippen LogP contribution in [0, 0.1) is 10.1 Å². The van der Waals surface area contributed by atoms with Crippen molar-refractivity contribution in [1.29, 1.82) is 0 Å². The maximum Gasteiger partial charge on any atom is 0.292 e. The van der Waals surface area contributed by atoms with Crippen LogP contribution in [0.4, 0.5) is 11.4 Å². The van der Waals surface area contributed by atoms with Crippen LogP contribution >= 0.6 is 11.8 Å². The van der Waals surface area contributed by atoms with Crippen LogP contribution in [-0.4, -0.2) is 4.92 Å². The van der Waals surface area contributed by atoms with Gasteiger partial charge in [0, 0.05) is 15.9 Å². The fourth-order valence-electron chi connectivity index (χ4n) is 2.13. The minimum Gasteiger partial charge on any atom is -0.393 e. The average Bonchev–Trinajstić information content (AvgIpc) is 2.47. The first-order valence-electron chi connectivity index (χ1n) is 6.34. The quantitative estimate of drug-likeness (QED) is 0.439. The van der Waals surface area contributed by atoms with Gasteiger partial charge in [-0.25, -0.2) is 0 Å². The van der Waals surface area contributed by atoms with Crippen LogP contribution in [0.5, 0.6) is 0 Å². The molecule has 2 N–H and O–H groups in total. The summed E-state index contributed by atoms with van der Waals surface area (Å²) in [7, 11) is 0. The maximum absolute atomic E-state index is 10.8. The van der Waals surface area contributed by atoms with Gasteiger partial charge in [-0.3, -0.25) is 10.1 Å². The summed E-state index contributed by atoms with van der Waals surface area (Å²) in [6.45, 7) is 0. The number of nitrogens with zero attached hydrogens (tertiary/aromatic N) is 1. The van der Waals surface area contributed by atoms with Crippen molar-refractivity contribution in [3.8, 4) is 0 Å². The van der Waals surface area contributed by atoms with E-state index < -0.39 is 4.92 Å². The van der Waals surface area contributed by atoms with Crippen molar-refractivity contribution in [2.75, 3.05) is 5.73 Å². The summed E-state index contributed by atoms with van der Waals surface area (Å²) in [4.78, 5) is 12.2. The zero-order valence-corrected chi connectivity index (χ0v) is 11.8. The molecule has 0 saturated carbocycles. The summed E-state index contributed by atoms with van der Waals surface area (Å²) < 4.78 is 0. The normalized spacial score (nSPS) is 10.7. The van der Waals surface area contributed by atoms with E-state index in [-0.39, 0.29) is 11.4 Å². The fraction of sp³-hybridized carbons (Fsp3) is 0. The van der Waals surface area contributed by atoms with E-state index in [1.807, 2.05) is 18.2 Å². The molecule has 0 aliphatic carbocycles. The first-order chi connectivity index (χ1) is 10.1. The molecular formula is C16H12N2O2S. The number of nitrogens with two attached hydrogens (primary N) is 1. The van der Waals surface area contributed by atoms with E-state index in [9.17, 15) is 10.1 Å². The molecule has 0 unspecified atom stereocenters. The zero-order valence-electron chi connectivity index (χ0n) is 11.0. The first kappa shape index (κ1) is 13.5. The topological polar surface area (TPSA) is 69.2 Å². The number of hydrogen-bond acceptors (Lipinski definition) is 4. The highest BCUT2D eigenvalue weighted by Gasteiger charge is 2.11. The van der Waals surface area contributed by atoms with Crippen LogP contribution in [-0.2, 0) is 0 Å². The Bertz CT molecular complexity index is 833. The van der Waals surface area contributed by atoms with Gasteiger partial charge in [0.05, 0.1) is 4.92 Å². The second kappa shape index (κ2) is 5.46. The van der Waals surface area contributed by atoms with Crippen molar-refractivity contribution < 1.29 is 4.92 Å². The van der Waals surface area contributed by atoms with Gasteiger partial charge >= 0.3 is 0 Å². The van der Waals surface area contributed by atoms with Gasteiger partial charge in [0.2, 0.25) is 0 Å². The molecule has 0 saturated heterocycles. The molecule has 0 radical (unpaired) electrons. The summed E-state index contributed by atoms with van der Waals surface area (Å²) in [5.74, 6) is 0. The molecule has 3 aromatic carbocycles. The summed E-state index contributed by atoms with van der Waals surface area (Å²) in [6, 6.07) is 19.1. The molecule has 104 valence electrons. The van der Waals surface area contributed by atoms with Crippen molar-refractivity contribution in [2.24, 2.45) is 0 Å². The Morgan fingerprint density at radius 3 is 2.29 bits per heavy atom. The fourth-order valence-corrected chi connectivity index (χ4v) is 3.05. The highest BCUT2D eigenvalue weighted by molar-refractivity contribution is 7.99. The van der Waals surface area contributed by atoms with Crippen molar-refractivity contribution in [3.05, 3.63) is 70.8 Å². The SMILES string of the molecule is Nc1cc(Sc2ccc3ccccc3c2)ccc1[N+](=O)[O-]. The molecule has 0 spiro atoms. The van der Waals surface area contributed by atoms with Crippen LogP contribution in [0.2, 0.25) is 0 Å². The number of rotatable bonds is 3. The number of nitrogen functional groups attached to an aromatic ring is 1. The molecule has 0 bridgehead atoms. The zero-order chi connectivity index (χ0) is 14.8. The standard InChI is InChI=1S/C16H12N2O2S/c17-15-10-14(7-8-16(15)18(19)20)21-13-6-5-11-3-1-2-4-12(11)9-13/h1-10H,17H2. The predicted molar refractivity (Wildman–Crippen MR) is 85.6 cm³/mol. The van der Waals surface area contributed by atoms with Gasteiger partial charge in [0.15, 0.2) is 0 Å². The number of anilines is 1. The Labute approximate surface area is 125 Å². The lowest BCUT2D eigenvalue weighted by Gasteiger charge is -2.05. The lowest BCUT2D eigenvalue weighted by atomic mass is 10.1. The highest BCUT2D eigenvalue weighted by atomic mass is 32.2. The smallest absolute Gasteiger partial charge is 0.292 e. The van der Waals surface area contributed by atoms with Crippen LogP contribution in [0.3, 0.4) is 0 Å². The lowest BCUT2D eigenvalue weighted by molar-refractivity contribution is -0.383. The van der Waals surface area contributed by atoms with Crippen LogP contribution in [0.25, 0.3) is 10.8 Å². The van der Waals surface area contributed by atoms with Crippen molar-refractivity contribution >= 4 is 33.9 Å². The summed E-state index contributed by atoms with van der Waals surface area (Å²) in [5.41, 5.74) is 5.84. The molecule has 4 nitrogen and oxygen atoms in total. The van der Waals surface area contributed by atoms with Crippen molar-refractivity contribution in [2.45, 2.75) is 9.79 Å². The first-order valence-corrected chi connectivity index (χ1v) is 7.16. The number of benzene rings is 3. The van der Waals surface area contributed by atoms with E-state index in [2.05, 4.69) is 24.3 Å². The van der Waals surface area contributed by atoms with Crippen LogP contribution < -0.4 is 5.73 Å². The van der Waals surface area contributed by atoms with E-state index in [4.69, 9.17) is 5.73 Å². The number of nitro benzene ring substituents is 1. The van der Waals surface area contributed by atoms with Gasteiger partial charge in [0.25, 0.3) is 5.69 Å². The highest BCUT2D eigenvalue weighted by Crippen LogP contribution is 2.33. The molecule has 3 aromatic rings. The van der Waals surface area contributed by atoms with Crippen LogP contribution in [0.1, 0.15) is 0 Å². The molecule has 3 rings (SSSR count). The average molecular weight is 296 g/mol. The van der Waals surface area contributed by atoms with E-state index in [0.29, 0.717) is 0 Å². The third-order valence-corrected chi connectivity index (χ3v) is 4.13. The molecule has 0 aromatic heterocycles. The van der Waals surface area contributed by atoms with Gasteiger partial charge in [-0.1, -0.05) is 42.1 Å². The number of fused-ring (bicyclic) bond motifs is 1. The molecular weight excluding hydrogens is 284 g/mol. The van der Waals surface area contributed by atoms with E-state index >= 15 is 0 Å². The second-order valence-electron chi connectivity index (χ2n) is 4.59. The third kappa shape index (κ3) is 2.83. The van der Waals surface area contributed by atoms with E-state index in [1.54, 1.807) is 12.1 Å². The molecule has 0 heterocycles. The molecule has 0 amide bonds. The monoisotopic (exact) mass is 296 g/mol. The van der Waals surface area contributed by atoms with Crippen LogP contribution in [0.15, 0.2) is 70.5 Å².